The summed E-state index contributed by atoms with van der Waals surface area (Å²) in [6.45, 7) is 0.635. The van der Waals surface area contributed by atoms with Crippen LogP contribution in [0.25, 0.3) is 0 Å². The molecule has 5 aliphatic rings. The first kappa shape index (κ1) is 10.2. The van der Waals surface area contributed by atoms with E-state index in [-0.39, 0.29) is 17.5 Å². The van der Waals surface area contributed by atoms with Crippen LogP contribution in [0.15, 0.2) is 0 Å². The maximum Gasteiger partial charge on any atom is 0.312 e. The first-order chi connectivity index (χ1) is 8.71. The fourth-order valence-electron chi connectivity index (χ4n) is 6.85. The normalized spacial score (nSPS) is 63.8. The van der Waals surface area contributed by atoms with Crippen molar-refractivity contribution in [3.05, 3.63) is 0 Å². The maximum absolute atomic E-state index is 12.2. The summed E-state index contributed by atoms with van der Waals surface area (Å²) in [6, 6.07) is 0. The Labute approximate surface area is 107 Å². The van der Waals surface area contributed by atoms with E-state index < -0.39 is 0 Å². The van der Waals surface area contributed by atoms with Crippen LogP contribution in [0.4, 0.5) is 0 Å². The lowest BCUT2D eigenvalue weighted by Crippen LogP contribution is -2.45. The summed E-state index contributed by atoms with van der Waals surface area (Å²) in [7, 11) is 0. The highest BCUT2D eigenvalue weighted by molar-refractivity contribution is 5.80. The standard InChI is InChI=1S/C15H20O3/c16-11-5-7-3-9(11)13-10-4-8(12(7)13)6-15(10)1-2-18-14(15)17/h7-13,16H,1-6H2. The van der Waals surface area contributed by atoms with Crippen molar-refractivity contribution in [1.29, 1.82) is 0 Å². The van der Waals surface area contributed by atoms with Gasteiger partial charge in [0.05, 0.1) is 18.1 Å². The van der Waals surface area contributed by atoms with Crippen LogP contribution in [0.2, 0.25) is 0 Å². The van der Waals surface area contributed by atoms with Crippen molar-refractivity contribution in [2.75, 3.05) is 6.61 Å². The molecule has 0 aromatic heterocycles. The number of carbonyl (C=O) groups is 1. The molecule has 5 rings (SSSR count). The van der Waals surface area contributed by atoms with Crippen LogP contribution in [-0.4, -0.2) is 23.8 Å². The van der Waals surface area contributed by atoms with Gasteiger partial charge in [0.25, 0.3) is 0 Å². The molecule has 0 aromatic carbocycles. The Bertz CT molecular complexity index is 433. The average molecular weight is 248 g/mol. The number of hydrogen-bond acceptors (Lipinski definition) is 3. The number of aliphatic hydroxyl groups is 1. The van der Waals surface area contributed by atoms with Crippen molar-refractivity contribution in [3.63, 3.8) is 0 Å². The van der Waals surface area contributed by atoms with Gasteiger partial charge in [-0.3, -0.25) is 4.79 Å². The van der Waals surface area contributed by atoms with Gasteiger partial charge in [-0.15, -0.1) is 0 Å². The van der Waals surface area contributed by atoms with Gasteiger partial charge in [0.1, 0.15) is 0 Å². The number of fused-ring (bicyclic) bond motifs is 10. The van der Waals surface area contributed by atoms with Crippen molar-refractivity contribution in [3.8, 4) is 0 Å². The smallest absolute Gasteiger partial charge is 0.312 e. The zero-order valence-electron chi connectivity index (χ0n) is 10.5. The lowest BCUT2D eigenvalue weighted by molar-refractivity contribution is -0.152. The van der Waals surface area contributed by atoms with Gasteiger partial charge in [0.2, 0.25) is 0 Å². The van der Waals surface area contributed by atoms with Gasteiger partial charge in [-0.1, -0.05) is 0 Å². The van der Waals surface area contributed by atoms with Gasteiger partial charge in [-0.05, 0) is 67.6 Å². The Hall–Kier alpha value is -0.570. The Morgan fingerprint density at radius 2 is 2.06 bits per heavy atom. The second-order valence-electron chi connectivity index (χ2n) is 7.47. The molecule has 3 nitrogen and oxygen atoms in total. The van der Waals surface area contributed by atoms with Gasteiger partial charge in [0, 0.05) is 0 Å². The third kappa shape index (κ3) is 0.910. The van der Waals surface area contributed by atoms with Crippen LogP contribution < -0.4 is 0 Å². The second-order valence-corrected chi connectivity index (χ2v) is 7.47. The molecule has 4 aliphatic carbocycles. The zero-order valence-corrected chi connectivity index (χ0v) is 10.5. The molecule has 1 spiro atoms. The monoisotopic (exact) mass is 248 g/mol. The molecular weight excluding hydrogens is 228 g/mol. The lowest BCUT2D eigenvalue weighted by Gasteiger charge is -2.43. The third-order valence-corrected chi connectivity index (χ3v) is 7.19. The summed E-state index contributed by atoms with van der Waals surface area (Å²) >= 11 is 0. The molecule has 0 amide bonds. The third-order valence-electron chi connectivity index (χ3n) is 7.19. The fourth-order valence-corrected chi connectivity index (χ4v) is 6.85. The van der Waals surface area contributed by atoms with E-state index in [4.69, 9.17) is 4.74 Å². The second kappa shape index (κ2) is 2.95. The molecule has 1 saturated heterocycles. The van der Waals surface area contributed by atoms with Crippen LogP contribution in [0.5, 0.6) is 0 Å². The quantitative estimate of drug-likeness (QED) is 0.523. The van der Waals surface area contributed by atoms with Crippen LogP contribution in [0.1, 0.15) is 32.1 Å². The molecule has 8 atom stereocenters. The minimum atomic E-state index is -0.129. The van der Waals surface area contributed by atoms with Crippen LogP contribution in [0.3, 0.4) is 0 Å². The number of esters is 1. The summed E-state index contributed by atoms with van der Waals surface area (Å²) in [5, 5.41) is 10.2. The summed E-state index contributed by atoms with van der Waals surface area (Å²) < 4.78 is 5.30. The molecule has 0 radical (unpaired) electrons. The van der Waals surface area contributed by atoms with E-state index in [2.05, 4.69) is 0 Å². The molecule has 4 saturated carbocycles. The molecule has 98 valence electrons. The molecule has 1 heterocycles. The molecule has 1 aliphatic heterocycles. The number of aliphatic hydroxyl groups excluding tert-OH is 1. The van der Waals surface area contributed by atoms with Gasteiger partial charge in [0.15, 0.2) is 0 Å². The van der Waals surface area contributed by atoms with Crippen LogP contribution in [0, 0.1) is 40.9 Å². The molecule has 3 heteroatoms. The Kier molecular flexibility index (Phi) is 1.68. The van der Waals surface area contributed by atoms with E-state index in [1.165, 1.54) is 12.8 Å². The molecule has 1 N–H and O–H groups in total. The maximum atomic E-state index is 12.2. The summed E-state index contributed by atoms with van der Waals surface area (Å²) in [6.07, 6.45) is 5.47. The average Bonchev–Trinajstić information content (AvgIpc) is 3.05. The minimum absolute atomic E-state index is 0.0786. The van der Waals surface area contributed by atoms with E-state index in [0.29, 0.717) is 24.4 Å². The predicted molar refractivity (Wildman–Crippen MR) is 63.4 cm³/mol. The molecule has 0 aromatic rings. The van der Waals surface area contributed by atoms with Crippen LogP contribution in [-0.2, 0) is 9.53 Å². The molecule has 4 bridgehead atoms. The highest BCUT2D eigenvalue weighted by Crippen LogP contribution is 2.73. The Morgan fingerprint density at radius 1 is 1.17 bits per heavy atom. The number of hydrogen-bond donors (Lipinski definition) is 1. The Morgan fingerprint density at radius 3 is 2.83 bits per heavy atom. The summed E-state index contributed by atoms with van der Waals surface area (Å²) in [5.41, 5.74) is -0.129. The fraction of sp³-hybridized carbons (Fsp3) is 0.933. The lowest BCUT2D eigenvalue weighted by atomic mass is 9.60. The van der Waals surface area contributed by atoms with Crippen LogP contribution >= 0.6 is 0 Å². The number of cyclic esters (lactones) is 1. The first-order valence-electron chi connectivity index (χ1n) is 7.56. The first-order valence-corrected chi connectivity index (χ1v) is 7.56. The van der Waals surface area contributed by atoms with E-state index in [9.17, 15) is 9.90 Å². The van der Waals surface area contributed by atoms with Gasteiger partial charge < -0.3 is 9.84 Å². The van der Waals surface area contributed by atoms with E-state index in [1.54, 1.807) is 0 Å². The zero-order chi connectivity index (χ0) is 12.1. The van der Waals surface area contributed by atoms with Crippen molar-refractivity contribution in [2.45, 2.75) is 38.2 Å². The van der Waals surface area contributed by atoms with Crippen molar-refractivity contribution < 1.29 is 14.6 Å². The largest absolute Gasteiger partial charge is 0.465 e. The topological polar surface area (TPSA) is 46.5 Å². The van der Waals surface area contributed by atoms with Crippen molar-refractivity contribution >= 4 is 5.97 Å². The number of carbonyl (C=O) groups excluding carboxylic acids is 1. The molecule has 18 heavy (non-hydrogen) atoms. The molecule has 5 fully saturated rings. The van der Waals surface area contributed by atoms with Gasteiger partial charge in [-0.25, -0.2) is 0 Å². The van der Waals surface area contributed by atoms with E-state index in [0.717, 1.165) is 37.0 Å². The van der Waals surface area contributed by atoms with Gasteiger partial charge in [-0.2, -0.15) is 0 Å². The summed E-state index contributed by atoms with van der Waals surface area (Å²) in [4.78, 5) is 12.2. The number of rotatable bonds is 0. The molecule has 8 unspecified atom stereocenters. The highest BCUT2D eigenvalue weighted by atomic mass is 16.5. The van der Waals surface area contributed by atoms with Gasteiger partial charge >= 0.3 is 5.97 Å². The minimum Gasteiger partial charge on any atom is -0.465 e. The Balaban J connectivity index is 1.57. The number of ether oxygens (including phenoxy) is 1. The van der Waals surface area contributed by atoms with Crippen molar-refractivity contribution in [2.24, 2.45) is 40.9 Å². The van der Waals surface area contributed by atoms with Crippen molar-refractivity contribution in [1.82, 2.24) is 0 Å². The SMILES string of the molecule is O=C1OCCC12CC1CC2C2C3CC(CC3O)C12. The molecular formula is C15H20O3. The van der Waals surface area contributed by atoms with E-state index in [1.807, 2.05) is 0 Å². The summed E-state index contributed by atoms with van der Waals surface area (Å²) in [5.74, 6) is 4.12. The van der Waals surface area contributed by atoms with E-state index >= 15 is 0 Å². The highest BCUT2D eigenvalue weighted by Gasteiger charge is 2.71. The predicted octanol–water partition coefficient (Wildman–Crippen LogP) is 1.59.